The molecule has 2 aliphatic heterocycles. The number of carboxylic acid groups (broad SMARTS) is 1. The second kappa shape index (κ2) is 7.33. The number of nitrogens with zero attached hydrogens (tertiary/aromatic N) is 2. The van der Waals surface area contributed by atoms with Crippen molar-refractivity contribution in [2.24, 2.45) is 5.92 Å². The number of aliphatic carboxylic acids is 1. The Kier molecular flexibility index (Phi) is 5.85. The van der Waals surface area contributed by atoms with Crippen molar-refractivity contribution in [2.45, 2.75) is 76.9 Å². The molecule has 0 aromatic carbocycles. The first-order chi connectivity index (χ1) is 12.3. The van der Waals surface area contributed by atoms with Crippen molar-refractivity contribution in [3.63, 3.8) is 0 Å². The van der Waals surface area contributed by atoms with Gasteiger partial charge in [0, 0.05) is 19.1 Å². The minimum Gasteiger partial charge on any atom is -0.480 e. The number of carbonyl (C=O) groups is 4. The Hall–Kier alpha value is -1.77. The van der Waals surface area contributed by atoms with Gasteiger partial charge in [0.1, 0.15) is 17.2 Å². The highest BCUT2D eigenvalue weighted by Crippen LogP contribution is 2.47. The van der Waals surface area contributed by atoms with Crippen LogP contribution in [-0.4, -0.2) is 67.1 Å². The van der Waals surface area contributed by atoms with Crippen molar-refractivity contribution < 1.29 is 29.0 Å². The lowest BCUT2D eigenvalue weighted by Gasteiger charge is -2.39. The van der Waals surface area contributed by atoms with E-state index < -0.39 is 41.1 Å². The Labute approximate surface area is 163 Å². The molecule has 2 heterocycles. The van der Waals surface area contributed by atoms with Crippen LogP contribution >= 0.6 is 11.8 Å². The number of rotatable bonds is 4. The van der Waals surface area contributed by atoms with Gasteiger partial charge in [-0.05, 0) is 33.1 Å². The van der Waals surface area contributed by atoms with Gasteiger partial charge < -0.3 is 14.7 Å². The van der Waals surface area contributed by atoms with Gasteiger partial charge in [0.15, 0.2) is 0 Å². The third-order valence-electron chi connectivity index (χ3n) is 4.59. The van der Waals surface area contributed by atoms with Gasteiger partial charge in [0.2, 0.25) is 5.91 Å². The summed E-state index contributed by atoms with van der Waals surface area (Å²) in [6.07, 6.45) is -0.413. The van der Waals surface area contributed by atoms with E-state index in [1.165, 1.54) is 23.6 Å². The van der Waals surface area contributed by atoms with Crippen LogP contribution in [-0.2, 0) is 19.1 Å². The fraction of sp³-hybridized carbons (Fsp3) is 0.778. The summed E-state index contributed by atoms with van der Waals surface area (Å²) in [5, 5.41) is 9.09. The maximum absolute atomic E-state index is 13.4. The molecular formula is C18H28N2O6S. The van der Waals surface area contributed by atoms with Gasteiger partial charge in [-0.1, -0.05) is 13.8 Å². The Balaban J connectivity index is 2.49. The number of carboxylic acids is 1. The number of ether oxygens (including phenoxy) is 1. The van der Waals surface area contributed by atoms with Crippen molar-refractivity contribution >= 4 is 35.6 Å². The number of fused-ring (bicyclic) bond motifs is 1. The van der Waals surface area contributed by atoms with Crippen molar-refractivity contribution in [1.82, 2.24) is 9.80 Å². The highest BCUT2D eigenvalue weighted by Gasteiger charge is 2.62. The summed E-state index contributed by atoms with van der Waals surface area (Å²) in [5.74, 6) is -1.84. The molecular weight excluding hydrogens is 372 g/mol. The molecule has 0 aromatic rings. The number of carbonyl (C=O) groups excluding carboxylic acids is 3. The van der Waals surface area contributed by atoms with Crippen LogP contribution in [0.3, 0.4) is 0 Å². The number of thioether (sulfide) groups is 1. The van der Waals surface area contributed by atoms with Crippen molar-refractivity contribution in [3.8, 4) is 0 Å². The highest BCUT2D eigenvalue weighted by atomic mass is 32.2. The zero-order valence-corrected chi connectivity index (χ0v) is 17.5. The molecule has 1 N–H and O–H groups in total. The minimum atomic E-state index is -1.42. The van der Waals surface area contributed by atoms with E-state index in [1.807, 2.05) is 13.8 Å². The van der Waals surface area contributed by atoms with Gasteiger partial charge >= 0.3 is 12.1 Å². The SMILES string of the molecule is CC(=O)N(C(=O)OC(C)(C)C)[C@]1(CC(C)C)C[C@@H]2SC[C@@H](C(=O)O)N2C1=O. The molecule has 2 fully saturated rings. The Morgan fingerprint density at radius 3 is 2.41 bits per heavy atom. The summed E-state index contributed by atoms with van der Waals surface area (Å²) in [5.41, 5.74) is -2.26. The number of imide groups is 1. The Morgan fingerprint density at radius 1 is 1.37 bits per heavy atom. The zero-order valence-electron chi connectivity index (χ0n) is 16.6. The molecule has 8 nitrogen and oxygen atoms in total. The number of amides is 3. The van der Waals surface area contributed by atoms with E-state index in [2.05, 4.69) is 0 Å². The fourth-order valence-corrected chi connectivity index (χ4v) is 5.34. The van der Waals surface area contributed by atoms with Crippen LogP contribution in [0.4, 0.5) is 4.79 Å². The van der Waals surface area contributed by atoms with Crippen molar-refractivity contribution in [3.05, 3.63) is 0 Å². The van der Waals surface area contributed by atoms with E-state index in [0.29, 0.717) is 5.75 Å². The molecule has 9 heteroatoms. The summed E-state index contributed by atoms with van der Waals surface area (Å²) < 4.78 is 5.40. The number of hydrogen-bond donors (Lipinski definition) is 1. The van der Waals surface area contributed by atoms with Crippen molar-refractivity contribution in [2.75, 3.05) is 5.75 Å². The van der Waals surface area contributed by atoms with Crippen LogP contribution < -0.4 is 0 Å². The first kappa shape index (κ1) is 21.5. The topological polar surface area (TPSA) is 104 Å². The molecule has 2 aliphatic rings. The maximum atomic E-state index is 13.4. The molecule has 2 rings (SSSR count). The normalized spacial score (nSPS) is 27.7. The smallest absolute Gasteiger partial charge is 0.418 e. The van der Waals surface area contributed by atoms with E-state index >= 15 is 0 Å². The molecule has 0 bridgehead atoms. The fourth-order valence-electron chi connectivity index (χ4n) is 3.84. The largest absolute Gasteiger partial charge is 0.480 e. The molecule has 0 aromatic heterocycles. The van der Waals surface area contributed by atoms with Gasteiger partial charge in [-0.3, -0.25) is 9.59 Å². The van der Waals surface area contributed by atoms with E-state index in [4.69, 9.17) is 4.74 Å². The Morgan fingerprint density at radius 2 is 1.96 bits per heavy atom. The van der Waals surface area contributed by atoms with E-state index in [1.54, 1.807) is 20.8 Å². The average Bonchev–Trinajstić information content (AvgIpc) is 2.96. The molecule has 0 spiro atoms. The van der Waals surface area contributed by atoms with Gasteiger partial charge in [-0.25, -0.2) is 14.5 Å². The third-order valence-corrected chi connectivity index (χ3v) is 5.87. The lowest BCUT2D eigenvalue weighted by atomic mass is 9.85. The summed E-state index contributed by atoms with van der Waals surface area (Å²) in [4.78, 5) is 52.5. The number of hydrogen-bond acceptors (Lipinski definition) is 6. The molecule has 0 saturated carbocycles. The lowest BCUT2D eigenvalue weighted by molar-refractivity contribution is -0.153. The predicted molar refractivity (Wildman–Crippen MR) is 100 cm³/mol. The summed E-state index contributed by atoms with van der Waals surface area (Å²) in [6, 6.07) is -0.950. The Bertz CT molecular complexity index is 659. The zero-order chi connectivity index (χ0) is 20.7. The van der Waals surface area contributed by atoms with Crippen LogP contribution in [0.15, 0.2) is 0 Å². The quantitative estimate of drug-likeness (QED) is 0.772. The molecule has 3 amide bonds. The predicted octanol–water partition coefficient (Wildman–Crippen LogP) is 2.31. The third kappa shape index (κ3) is 4.07. The van der Waals surface area contributed by atoms with Crippen LogP contribution in [0.25, 0.3) is 0 Å². The van der Waals surface area contributed by atoms with E-state index in [0.717, 1.165) is 4.90 Å². The van der Waals surface area contributed by atoms with Gasteiger partial charge in [-0.2, -0.15) is 0 Å². The second-order valence-corrected chi connectivity index (χ2v) is 9.73. The molecule has 0 unspecified atom stereocenters. The van der Waals surface area contributed by atoms with Crippen LogP contribution in [0, 0.1) is 5.92 Å². The molecule has 152 valence electrons. The molecule has 0 radical (unpaired) electrons. The molecule has 27 heavy (non-hydrogen) atoms. The molecule has 2 saturated heterocycles. The summed E-state index contributed by atoms with van der Waals surface area (Å²) >= 11 is 1.37. The van der Waals surface area contributed by atoms with Crippen LogP contribution in [0.5, 0.6) is 0 Å². The van der Waals surface area contributed by atoms with E-state index in [9.17, 15) is 24.3 Å². The first-order valence-corrected chi connectivity index (χ1v) is 10.1. The maximum Gasteiger partial charge on any atom is 0.418 e. The lowest BCUT2D eigenvalue weighted by Crippen LogP contribution is -2.61. The summed E-state index contributed by atoms with van der Waals surface area (Å²) in [7, 11) is 0. The van der Waals surface area contributed by atoms with Gasteiger partial charge in [-0.15, -0.1) is 11.8 Å². The molecule has 0 aliphatic carbocycles. The average molecular weight is 400 g/mol. The summed E-state index contributed by atoms with van der Waals surface area (Å²) in [6.45, 7) is 10.1. The first-order valence-electron chi connectivity index (χ1n) is 9.01. The van der Waals surface area contributed by atoms with Crippen LogP contribution in [0.2, 0.25) is 0 Å². The van der Waals surface area contributed by atoms with Crippen molar-refractivity contribution in [1.29, 1.82) is 0 Å². The standard InChI is InChI=1S/C18H28N2O6S/c1-10(2)7-18(20(11(3)21)16(25)26-17(4,5)6)8-13-19(15(18)24)12(9-27-13)14(22)23/h10,12-13H,7-9H2,1-6H3,(H,22,23)/t12-,13-,18+/m0/s1. The highest BCUT2D eigenvalue weighted by molar-refractivity contribution is 8.00. The monoisotopic (exact) mass is 400 g/mol. The minimum absolute atomic E-state index is 0.00606. The molecule has 3 atom stereocenters. The van der Waals surface area contributed by atoms with Gasteiger partial charge in [0.25, 0.3) is 5.91 Å². The van der Waals surface area contributed by atoms with E-state index in [-0.39, 0.29) is 24.1 Å². The second-order valence-electron chi connectivity index (χ2n) is 8.52. The van der Waals surface area contributed by atoms with Crippen LogP contribution in [0.1, 0.15) is 54.4 Å². The van der Waals surface area contributed by atoms with Gasteiger partial charge in [0.05, 0.1) is 5.37 Å².